The van der Waals surface area contributed by atoms with Crippen molar-refractivity contribution in [3.63, 3.8) is 0 Å². The fraction of sp³-hybridized carbons (Fsp3) is 0.111. The Labute approximate surface area is 153 Å². The Hall–Kier alpha value is -3.74. The Morgan fingerprint density at radius 3 is 2.00 bits per heavy atom. The average molecular weight is 369 g/mol. The highest BCUT2D eigenvalue weighted by molar-refractivity contribution is 5.97. The van der Waals surface area contributed by atoms with Crippen molar-refractivity contribution in [2.75, 3.05) is 6.61 Å². The van der Waals surface area contributed by atoms with Crippen molar-refractivity contribution < 1.29 is 24.8 Å². The smallest absolute Gasteiger partial charge is 0.269 e. The van der Waals surface area contributed by atoms with Gasteiger partial charge < -0.3 is 10.4 Å². The van der Waals surface area contributed by atoms with Crippen LogP contribution in [0.1, 0.15) is 21.5 Å². The van der Waals surface area contributed by atoms with Crippen LogP contribution in [0.25, 0.3) is 0 Å². The lowest BCUT2D eigenvalue weighted by atomic mass is 10.1. The third kappa shape index (κ3) is 5.37. The van der Waals surface area contributed by atoms with Gasteiger partial charge in [0.05, 0.1) is 11.5 Å². The van der Waals surface area contributed by atoms with Gasteiger partial charge in [0.25, 0.3) is 17.5 Å². The van der Waals surface area contributed by atoms with Gasteiger partial charge >= 0.3 is 0 Å². The van der Waals surface area contributed by atoms with Gasteiger partial charge in [-0.15, -0.1) is 0 Å². The van der Waals surface area contributed by atoms with E-state index in [2.05, 4.69) is 17.2 Å². The molecule has 0 bridgehead atoms. The molecular formula is C18H15N3O6. The van der Waals surface area contributed by atoms with Gasteiger partial charge in [-0.3, -0.25) is 24.9 Å². The van der Waals surface area contributed by atoms with Gasteiger partial charge in [-0.2, -0.15) is 0 Å². The first-order valence-electron chi connectivity index (χ1n) is 7.67. The summed E-state index contributed by atoms with van der Waals surface area (Å²) in [6.45, 7) is -0.670. The van der Waals surface area contributed by atoms with Crippen molar-refractivity contribution in [1.82, 2.24) is 10.8 Å². The zero-order valence-electron chi connectivity index (χ0n) is 13.9. The minimum atomic E-state index is -1.27. The molecule has 0 saturated heterocycles. The van der Waals surface area contributed by atoms with E-state index in [0.29, 0.717) is 11.1 Å². The maximum atomic E-state index is 12.0. The standard InChI is InChI=1S/C18H15N3O6/c22-11-16(18(24)20-25)19-17(23)14-7-3-12(4-8-14)1-2-13-5-9-15(10-6-13)21(26)27/h3-10,16,22,25H,11H2,(H,19,23)(H,20,24). The van der Waals surface area contributed by atoms with Crippen molar-refractivity contribution in [3.8, 4) is 11.8 Å². The fourth-order valence-corrected chi connectivity index (χ4v) is 2.03. The van der Waals surface area contributed by atoms with E-state index >= 15 is 0 Å². The predicted octanol–water partition coefficient (Wildman–Crippen LogP) is 0.591. The van der Waals surface area contributed by atoms with Crippen LogP contribution in [0.2, 0.25) is 0 Å². The number of hydroxylamine groups is 1. The summed E-state index contributed by atoms with van der Waals surface area (Å²) >= 11 is 0. The number of nitrogens with one attached hydrogen (secondary N) is 2. The van der Waals surface area contributed by atoms with Crippen LogP contribution < -0.4 is 10.8 Å². The number of nitro benzene ring substituents is 1. The Morgan fingerprint density at radius 2 is 1.56 bits per heavy atom. The predicted molar refractivity (Wildman–Crippen MR) is 93.8 cm³/mol. The van der Waals surface area contributed by atoms with Crippen LogP contribution in [-0.2, 0) is 4.79 Å². The van der Waals surface area contributed by atoms with Gasteiger partial charge in [0.2, 0.25) is 0 Å². The largest absolute Gasteiger partial charge is 0.394 e. The van der Waals surface area contributed by atoms with Crippen molar-refractivity contribution in [2.24, 2.45) is 0 Å². The minimum Gasteiger partial charge on any atom is -0.394 e. The van der Waals surface area contributed by atoms with Crippen LogP contribution in [0.5, 0.6) is 0 Å². The van der Waals surface area contributed by atoms with Crippen LogP contribution >= 0.6 is 0 Å². The Bertz CT molecular complexity index is 897. The van der Waals surface area contributed by atoms with Gasteiger partial charge in [-0.25, -0.2) is 5.48 Å². The highest BCUT2D eigenvalue weighted by atomic mass is 16.6. The highest BCUT2D eigenvalue weighted by Crippen LogP contribution is 2.11. The zero-order valence-corrected chi connectivity index (χ0v) is 13.9. The number of carbonyl (C=O) groups is 2. The van der Waals surface area contributed by atoms with E-state index in [4.69, 9.17) is 10.3 Å². The summed E-state index contributed by atoms with van der Waals surface area (Å²) in [5.41, 5.74) is 2.78. The second kappa shape index (κ2) is 9.10. The van der Waals surface area contributed by atoms with Crippen molar-refractivity contribution >= 4 is 17.5 Å². The summed E-state index contributed by atoms with van der Waals surface area (Å²) in [6.07, 6.45) is 0. The molecule has 0 aliphatic carbocycles. The van der Waals surface area contributed by atoms with Crippen molar-refractivity contribution in [3.05, 3.63) is 75.3 Å². The monoisotopic (exact) mass is 369 g/mol. The lowest BCUT2D eigenvalue weighted by Crippen LogP contribution is -2.48. The molecule has 4 N–H and O–H groups in total. The van der Waals surface area contributed by atoms with Crippen molar-refractivity contribution in [1.29, 1.82) is 0 Å². The SMILES string of the molecule is O=C(NC(CO)C(=O)NO)c1ccc(C#Cc2ccc([N+](=O)[O-])cc2)cc1. The molecule has 0 heterocycles. The van der Waals surface area contributed by atoms with Gasteiger partial charge in [0.1, 0.15) is 6.04 Å². The number of carbonyl (C=O) groups excluding carboxylic acids is 2. The summed E-state index contributed by atoms with van der Waals surface area (Å²) in [7, 11) is 0. The molecular weight excluding hydrogens is 354 g/mol. The third-order valence-corrected chi connectivity index (χ3v) is 3.49. The van der Waals surface area contributed by atoms with Crippen molar-refractivity contribution in [2.45, 2.75) is 6.04 Å². The Balaban J connectivity index is 2.06. The number of nitrogens with zero attached hydrogens (tertiary/aromatic N) is 1. The van der Waals surface area contributed by atoms with Gasteiger partial charge in [0, 0.05) is 28.8 Å². The molecule has 2 aromatic carbocycles. The van der Waals surface area contributed by atoms with Gasteiger partial charge in [0.15, 0.2) is 0 Å². The number of nitro groups is 1. The molecule has 1 atom stereocenters. The maximum absolute atomic E-state index is 12.0. The lowest BCUT2D eigenvalue weighted by molar-refractivity contribution is -0.384. The number of hydrogen-bond donors (Lipinski definition) is 4. The maximum Gasteiger partial charge on any atom is 0.269 e. The number of rotatable bonds is 5. The fourth-order valence-electron chi connectivity index (χ4n) is 2.03. The van der Waals surface area contributed by atoms with E-state index in [1.165, 1.54) is 41.9 Å². The molecule has 2 amide bonds. The van der Waals surface area contributed by atoms with E-state index in [-0.39, 0.29) is 11.3 Å². The molecule has 0 aliphatic rings. The molecule has 0 aromatic heterocycles. The zero-order chi connectivity index (χ0) is 19.8. The number of aliphatic hydroxyl groups excluding tert-OH is 1. The number of hydrogen-bond acceptors (Lipinski definition) is 6. The molecule has 2 aromatic rings. The first-order valence-corrected chi connectivity index (χ1v) is 7.67. The minimum absolute atomic E-state index is 0.0213. The van der Waals surface area contributed by atoms with Crippen LogP contribution in [-0.4, -0.2) is 39.7 Å². The number of aliphatic hydroxyl groups is 1. The van der Waals surface area contributed by atoms with Crippen LogP contribution in [0.15, 0.2) is 48.5 Å². The molecule has 9 heteroatoms. The lowest BCUT2D eigenvalue weighted by Gasteiger charge is -2.13. The molecule has 1 unspecified atom stereocenters. The van der Waals surface area contributed by atoms with E-state index < -0.39 is 29.4 Å². The second-order valence-electron chi connectivity index (χ2n) is 5.32. The van der Waals surface area contributed by atoms with E-state index in [1.807, 2.05) is 0 Å². The molecule has 0 spiro atoms. The molecule has 0 aliphatic heterocycles. The van der Waals surface area contributed by atoms with E-state index in [1.54, 1.807) is 12.1 Å². The summed E-state index contributed by atoms with van der Waals surface area (Å²) < 4.78 is 0. The summed E-state index contributed by atoms with van der Waals surface area (Å²) in [5, 5.41) is 30.5. The molecule has 0 radical (unpaired) electrons. The Morgan fingerprint density at radius 1 is 1.04 bits per heavy atom. The molecule has 27 heavy (non-hydrogen) atoms. The topological polar surface area (TPSA) is 142 Å². The quantitative estimate of drug-likeness (QED) is 0.263. The first kappa shape index (κ1) is 19.6. The number of non-ortho nitro benzene ring substituents is 1. The average Bonchev–Trinajstić information content (AvgIpc) is 2.70. The van der Waals surface area contributed by atoms with Gasteiger partial charge in [-0.05, 0) is 36.4 Å². The van der Waals surface area contributed by atoms with Gasteiger partial charge in [-0.1, -0.05) is 11.8 Å². The molecule has 0 fully saturated rings. The van der Waals surface area contributed by atoms with Crippen LogP contribution in [0, 0.1) is 22.0 Å². The molecule has 138 valence electrons. The van der Waals surface area contributed by atoms with E-state index in [9.17, 15) is 19.7 Å². The summed E-state index contributed by atoms with van der Waals surface area (Å²) in [6, 6.07) is 10.7. The second-order valence-corrected chi connectivity index (χ2v) is 5.32. The third-order valence-electron chi connectivity index (χ3n) is 3.49. The summed E-state index contributed by atoms with van der Waals surface area (Å²) in [5.74, 6) is 4.18. The van der Waals surface area contributed by atoms with E-state index in [0.717, 1.165) is 0 Å². The normalized spacial score (nSPS) is 10.9. The number of benzene rings is 2. The van der Waals surface area contributed by atoms with Crippen LogP contribution in [0.3, 0.4) is 0 Å². The molecule has 2 rings (SSSR count). The number of amides is 2. The first-order chi connectivity index (χ1) is 12.9. The molecule has 0 saturated carbocycles. The summed E-state index contributed by atoms with van der Waals surface area (Å²) in [4.78, 5) is 33.4. The molecule has 9 nitrogen and oxygen atoms in total. The van der Waals surface area contributed by atoms with Crippen LogP contribution in [0.4, 0.5) is 5.69 Å². The highest BCUT2D eigenvalue weighted by Gasteiger charge is 2.19. The Kier molecular flexibility index (Phi) is 6.60.